The van der Waals surface area contributed by atoms with Gasteiger partial charge in [-0.2, -0.15) is 0 Å². The molecule has 8 atom stereocenters. The van der Waals surface area contributed by atoms with E-state index in [-0.39, 0.29) is 28.8 Å². The summed E-state index contributed by atoms with van der Waals surface area (Å²) in [7, 11) is 2.93. The molecule has 0 amide bonds. The zero-order valence-electron chi connectivity index (χ0n) is 21.8. The fourth-order valence-electron chi connectivity index (χ4n) is 8.87. The van der Waals surface area contributed by atoms with Crippen molar-refractivity contribution in [3.05, 3.63) is 11.6 Å². The van der Waals surface area contributed by atoms with E-state index in [0.717, 1.165) is 50.7 Å². The third kappa shape index (κ3) is 3.23. The number of ether oxygens (including phenoxy) is 2. The van der Waals surface area contributed by atoms with E-state index in [1.54, 1.807) is 0 Å². The number of esters is 2. The number of fused-ring (bicyclic) bond motifs is 7. The van der Waals surface area contributed by atoms with Gasteiger partial charge in [-0.25, -0.2) is 4.79 Å². The van der Waals surface area contributed by atoms with Crippen LogP contribution < -0.4 is 0 Å². The third-order valence-corrected chi connectivity index (χ3v) is 10.4. The summed E-state index contributed by atoms with van der Waals surface area (Å²) in [6.07, 6.45) is 9.06. The number of nitrogens with zero attached hydrogens (tertiary/aromatic N) is 2. The number of hydrogen-bond acceptors (Lipinski definition) is 8. The summed E-state index contributed by atoms with van der Waals surface area (Å²) in [4.78, 5) is 35.7. The summed E-state index contributed by atoms with van der Waals surface area (Å²) in [6.45, 7) is 8.15. The standard InChI is InChI=1S/C27H38N2O6/c1-15(28-33-6)27-22(23(29-35-27)24(31)32-5)14-21-19-8-7-17-13-18(34-16(2)30)9-11-25(17,3)20(19)10-12-26(21,27)4/h7,18-22H,8-14H2,1-6H3/b28-15-/t18-,19+,20-,21+,22-,25-,26-,27-/m0/s1. The van der Waals surface area contributed by atoms with Crippen molar-refractivity contribution < 1.29 is 28.7 Å². The second-order valence-electron chi connectivity index (χ2n) is 11.6. The maximum Gasteiger partial charge on any atom is 0.356 e. The van der Waals surface area contributed by atoms with Gasteiger partial charge in [0.15, 0.2) is 11.3 Å². The minimum Gasteiger partial charge on any atom is -0.464 e. The Bertz CT molecular complexity index is 1020. The summed E-state index contributed by atoms with van der Waals surface area (Å²) in [5.74, 6) is 0.550. The monoisotopic (exact) mass is 486 g/mol. The maximum atomic E-state index is 12.7. The molecule has 0 spiro atoms. The highest BCUT2D eigenvalue weighted by atomic mass is 16.7. The van der Waals surface area contributed by atoms with Crippen LogP contribution in [0.4, 0.5) is 0 Å². The zero-order chi connectivity index (χ0) is 25.2. The summed E-state index contributed by atoms with van der Waals surface area (Å²) in [6, 6.07) is 0. The van der Waals surface area contributed by atoms with Gasteiger partial charge in [0.05, 0.1) is 13.0 Å². The van der Waals surface area contributed by atoms with Gasteiger partial charge in [-0.1, -0.05) is 35.8 Å². The molecule has 8 nitrogen and oxygen atoms in total. The van der Waals surface area contributed by atoms with Gasteiger partial charge in [-0.05, 0) is 68.6 Å². The number of carbonyl (C=O) groups excluding carboxylic acids is 2. The largest absolute Gasteiger partial charge is 0.464 e. The number of methoxy groups -OCH3 is 1. The molecule has 0 aromatic rings. The fraction of sp³-hybridized carbons (Fsp3) is 0.778. The molecular weight excluding hydrogens is 448 g/mol. The SMILES string of the molecule is CO/N=C(/C)[C@]12ON=C(C(=O)OC)[C@@H]1C[C@@H]1[C@@H]3CC=C4C[C@@H](OC(C)=O)CC[C@]4(C)[C@H]3CC[C@@]12C. The molecule has 192 valence electrons. The van der Waals surface area contributed by atoms with E-state index >= 15 is 0 Å². The summed E-state index contributed by atoms with van der Waals surface area (Å²) in [5.41, 5.74) is 1.63. The average Bonchev–Trinajstić information content (AvgIpc) is 3.32. The minimum absolute atomic E-state index is 0.00790. The number of oxime groups is 2. The Hall–Kier alpha value is -2.38. The Balaban J connectivity index is 1.51. The second kappa shape index (κ2) is 8.34. The molecular formula is C27H38N2O6. The molecule has 35 heavy (non-hydrogen) atoms. The van der Waals surface area contributed by atoms with Crippen molar-refractivity contribution in [3.8, 4) is 0 Å². The molecule has 0 saturated heterocycles. The van der Waals surface area contributed by atoms with Gasteiger partial charge in [-0.15, -0.1) is 0 Å². The van der Waals surface area contributed by atoms with Crippen LogP contribution in [0.5, 0.6) is 0 Å². The minimum atomic E-state index is -0.806. The van der Waals surface area contributed by atoms with Crippen LogP contribution in [0.25, 0.3) is 0 Å². The Kier molecular flexibility index (Phi) is 5.80. The molecule has 5 rings (SSSR count). The Morgan fingerprint density at radius 2 is 1.91 bits per heavy atom. The van der Waals surface area contributed by atoms with Gasteiger partial charge in [0.2, 0.25) is 0 Å². The number of hydrogen-bond donors (Lipinski definition) is 0. The van der Waals surface area contributed by atoms with Crippen LogP contribution in [-0.4, -0.2) is 49.3 Å². The van der Waals surface area contributed by atoms with Gasteiger partial charge in [0.25, 0.3) is 0 Å². The van der Waals surface area contributed by atoms with E-state index in [0.29, 0.717) is 23.5 Å². The van der Waals surface area contributed by atoms with Crippen molar-refractivity contribution in [1.82, 2.24) is 0 Å². The van der Waals surface area contributed by atoms with Crippen molar-refractivity contribution in [2.75, 3.05) is 14.2 Å². The molecule has 3 fully saturated rings. The molecule has 0 bridgehead atoms. The predicted molar refractivity (Wildman–Crippen MR) is 130 cm³/mol. The highest BCUT2D eigenvalue weighted by Gasteiger charge is 2.74. The van der Waals surface area contributed by atoms with Crippen molar-refractivity contribution in [2.24, 2.45) is 44.8 Å². The topological polar surface area (TPSA) is 95.8 Å². The van der Waals surface area contributed by atoms with E-state index in [1.807, 2.05) is 6.92 Å². The first-order valence-electron chi connectivity index (χ1n) is 12.9. The van der Waals surface area contributed by atoms with Crippen LogP contribution in [0.3, 0.4) is 0 Å². The first-order chi connectivity index (χ1) is 16.6. The van der Waals surface area contributed by atoms with Gasteiger partial charge in [-0.3, -0.25) is 4.79 Å². The molecule has 0 unspecified atom stereocenters. The van der Waals surface area contributed by atoms with E-state index in [2.05, 4.69) is 30.2 Å². The lowest BCUT2D eigenvalue weighted by Crippen LogP contribution is -2.59. The van der Waals surface area contributed by atoms with Crippen LogP contribution in [0, 0.1) is 34.5 Å². The van der Waals surface area contributed by atoms with E-state index in [4.69, 9.17) is 19.1 Å². The quantitative estimate of drug-likeness (QED) is 0.253. The van der Waals surface area contributed by atoms with Gasteiger partial charge in [0, 0.05) is 18.8 Å². The number of allylic oxidation sites excluding steroid dienone is 1. The lowest BCUT2D eigenvalue weighted by atomic mass is 9.46. The molecule has 3 saturated carbocycles. The number of rotatable bonds is 4. The Morgan fingerprint density at radius 3 is 2.60 bits per heavy atom. The lowest BCUT2D eigenvalue weighted by Gasteiger charge is -2.58. The molecule has 5 aliphatic rings. The summed E-state index contributed by atoms with van der Waals surface area (Å²) >= 11 is 0. The highest BCUT2D eigenvalue weighted by molar-refractivity contribution is 6.38. The van der Waals surface area contributed by atoms with Crippen LogP contribution in [-0.2, 0) is 28.7 Å². The average molecular weight is 487 g/mol. The lowest BCUT2D eigenvalue weighted by molar-refractivity contribution is -0.149. The molecule has 0 N–H and O–H groups in total. The highest BCUT2D eigenvalue weighted by Crippen LogP contribution is 2.70. The summed E-state index contributed by atoms with van der Waals surface area (Å²) in [5, 5.41) is 8.59. The molecule has 0 aromatic carbocycles. The normalized spacial score (nSPS) is 43.9. The second-order valence-corrected chi connectivity index (χ2v) is 11.6. The summed E-state index contributed by atoms with van der Waals surface area (Å²) < 4.78 is 10.7. The van der Waals surface area contributed by atoms with Crippen molar-refractivity contribution in [3.63, 3.8) is 0 Å². The molecule has 4 aliphatic carbocycles. The van der Waals surface area contributed by atoms with Gasteiger partial charge in [0.1, 0.15) is 18.9 Å². The van der Waals surface area contributed by atoms with Crippen molar-refractivity contribution >= 4 is 23.4 Å². The molecule has 0 aromatic heterocycles. The van der Waals surface area contributed by atoms with E-state index in [1.165, 1.54) is 26.7 Å². The Morgan fingerprint density at radius 1 is 1.14 bits per heavy atom. The Labute approximate surface area is 207 Å². The van der Waals surface area contributed by atoms with E-state index < -0.39 is 11.6 Å². The number of carbonyl (C=O) groups is 2. The molecule has 1 aliphatic heterocycles. The molecule has 0 radical (unpaired) electrons. The first kappa shape index (κ1) is 24.3. The van der Waals surface area contributed by atoms with Gasteiger partial charge >= 0.3 is 11.9 Å². The van der Waals surface area contributed by atoms with Crippen molar-refractivity contribution in [1.29, 1.82) is 0 Å². The van der Waals surface area contributed by atoms with Gasteiger partial charge < -0.3 is 19.1 Å². The predicted octanol–water partition coefficient (Wildman–Crippen LogP) is 4.43. The third-order valence-electron chi connectivity index (χ3n) is 10.4. The fourth-order valence-corrected chi connectivity index (χ4v) is 8.87. The molecule has 8 heteroatoms. The first-order valence-corrected chi connectivity index (χ1v) is 12.9. The van der Waals surface area contributed by atoms with Crippen LogP contribution in [0.1, 0.15) is 72.6 Å². The van der Waals surface area contributed by atoms with Crippen LogP contribution in [0.2, 0.25) is 0 Å². The van der Waals surface area contributed by atoms with Crippen molar-refractivity contribution in [2.45, 2.75) is 84.3 Å². The molecule has 1 heterocycles. The van der Waals surface area contributed by atoms with E-state index in [9.17, 15) is 9.59 Å². The van der Waals surface area contributed by atoms with Crippen LogP contribution >= 0.6 is 0 Å². The maximum absolute atomic E-state index is 12.7. The van der Waals surface area contributed by atoms with Crippen LogP contribution in [0.15, 0.2) is 22.0 Å². The smallest absolute Gasteiger partial charge is 0.356 e. The zero-order valence-corrected chi connectivity index (χ0v) is 21.8.